The Kier molecular flexibility index (Phi) is 10.8. The fourth-order valence-corrected chi connectivity index (χ4v) is 2.74. The minimum absolute atomic E-state index is 0.0995. The number of hydrogen-bond donors (Lipinski definition) is 1. The number of benzene rings is 1. The summed E-state index contributed by atoms with van der Waals surface area (Å²) in [7, 11) is 1.63. The topological polar surface area (TPSA) is 38.3 Å². The predicted octanol–water partition coefficient (Wildman–Crippen LogP) is 5.54. The van der Waals surface area contributed by atoms with Crippen molar-refractivity contribution < 1.29 is 9.53 Å². The number of ether oxygens (including phenoxy) is 1. The first-order valence-electron chi connectivity index (χ1n) is 8.26. The molecule has 4 heteroatoms. The molecule has 124 valence electrons. The van der Waals surface area contributed by atoms with Gasteiger partial charge in [0, 0.05) is 17.4 Å². The van der Waals surface area contributed by atoms with Gasteiger partial charge in [-0.15, -0.1) is 0 Å². The van der Waals surface area contributed by atoms with Gasteiger partial charge in [0.05, 0.1) is 7.11 Å². The second kappa shape index (κ2) is 12.5. The number of rotatable bonds is 12. The van der Waals surface area contributed by atoms with Crippen molar-refractivity contribution in [2.75, 3.05) is 17.8 Å². The number of alkyl halides is 1. The predicted molar refractivity (Wildman–Crippen MR) is 97.0 cm³/mol. The van der Waals surface area contributed by atoms with Crippen molar-refractivity contribution in [2.45, 2.75) is 57.8 Å². The number of nitrogens with one attached hydrogen (secondary N) is 1. The Morgan fingerprint density at radius 1 is 0.955 bits per heavy atom. The van der Waals surface area contributed by atoms with Gasteiger partial charge in [-0.1, -0.05) is 54.5 Å². The van der Waals surface area contributed by atoms with Crippen LogP contribution in [-0.2, 0) is 4.79 Å². The van der Waals surface area contributed by atoms with Crippen molar-refractivity contribution in [3.63, 3.8) is 0 Å². The van der Waals surface area contributed by atoms with Crippen LogP contribution >= 0.6 is 15.9 Å². The Morgan fingerprint density at radius 2 is 1.50 bits per heavy atom. The molecule has 1 N–H and O–H groups in total. The zero-order valence-corrected chi connectivity index (χ0v) is 15.2. The van der Waals surface area contributed by atoms with E-state index in [1.807, 2.05) is 24.3 Å². The van der Waals surface area contributed by atoms with E-state index >= 15 is 0 Å². The number of unbranched alkanes of at least 4 members (excludes halogenated alkanes) is 7. The summed E-state index contributed by atoms with van der Waals surface area (Å²) in [5.41, 5.74) is 0.831. The zero-order chi connectivity index (χ0) is 16.0. The highest BCUT2D eigenvalue weighted by atomic mass is 79.9. The molecular weight excluding hydrogens is 342 g/mol. The van der Waals surface area contributed by atoms with Gasteiger partial charge >= 0.3 is 0 Å². The lowest BCUT2D eigenvalue weighted by Crippen LogP contribution is -2.10. The third kappa shape index (κ3) is 9.08. The molecule has 0 aromatic heterocycles. The third-order valence-corrected chi connectivity index (χ3v) is 4.22. The summed E-state index contributed by atoms with van der Waals surface area (Å²) in [6, 6.07) is 7.43. The van der Waals surface area contributed by atoms with Crippen LogP contribution in [0.3, 0.4) is 0 Å². The van der Waals surface area contributed by atoms with E-state index in [1.54, 1.807) is 7.11 Å². The van der Waals surface area contributed by atoms with Crippen LogP contribution < -0.4 is 10.1 Å². The summed E-state index contributed by atoms with van der Waals surface area (Å²) in [6.45, 7) is 0. The normalized spacial score (nSPS) is 10.5. The number of carbonyl (C=O) groups is 1. The van der Waals surface area contributed by atoms with Gasteiger partial charge in [-0.3, -0.25) is 4.79 Å². The van der Waals surface area contributed by atoms with Gasteiger partial charge in [0.15, 0.2) is 0 Å². The molecule has 0 saturated carbocycles. The van der Waals surface area contributed by atoms with Crippen LogP contribution in [0.15, 0.2) is 24.3 Å². The van der Waals surface area contributed by atoms with Crippen LogP contribution in [0, 0.1) is 0 Å². The summed E-state index contributed by atoms with van der Waals surface area (Å²) in [5, 5.41) is 4.04. The second-order valence-electron chi connectivity index (χ2n) is 5.54. The van der Waals surface area contributed by atoms with E-state index in [0.717, 1.165) is 29.6 Å². The van der Waals surface area contributed by atoms with Crippen LogP contribution in [0.25, 0.3) is 0 Å². The maximum atomic E-state index is 11.8. The molecule has 0 radical (unpaired) electrons. The molecule has 1 aromatic carbocycles. The van der Waals surface area contributed by atoms with Crippen molar-refractivity contribution >= 4 is 27.5 Å². The maximum absolute atomic E-state index is 11.8. The molecule has 0 heterocycles. The van der Waals surface area contributed by atoms with Gasteiger partial charge in [0.25, 0.3) is 0 Å². The summed E-state index contributed by atoms with van der Waals surface area (Å²) >= 11 is 3.45. The molecule has 0 bridgehead atoms. The number of halogens is 1. The average Bonchev–Trinajstić information content (AvgIpc) is 2.54. The van der Waals surface area contributed by atoms with Crippen LogP contribution in [-0.4, -0.2) is 18.3 Å². The molecule has 0 saturated heterocycles. The van der Waals surface area contributed by atoms with Crippen LogP contribution in [0.5, 0.6) is 5.75 Å². The fourth-order valence-electron chi connectivity index (χ4n) is 2.34. The Hall–Kier alpha value is -1.03. The molecule has 0 aliphatic carbocycles. The Morgan fingerprint density at radius 3 is 2.05 bits per heavy atom. The van der Waals surface area contributed by atoms with Crippen LogP contribution in [0.1, 0.15) is 57.8 Å². The number of hydrogen-bond acceptors (Lipinski definition) is 2. The highest BCUT2D eigenvalue weighted by Crippen LogP contribution is 2.16. The standard InChI is InChI=1S/C18H28BrNO2/c1-22-17-13-11-16(12-14-17)20-18(21)10-8-6-4-2-3-5-7-9-15-19/h11-14H,2-10,15H2,1H3,(H,20,21). The van der Waals surface area contributed by atoms with E-state index in [4.69, 9.17) is 4.74 Å². The van der Waals surface area contributed by atoms with E-state index in [1.165, 1.54) is 38.5 Å². The third-order valence-electron chi connectivity index (χ3n) is 3.66. The molecule has 22 heavy (non-hydrogen) atoms. The highest BCUT2D eigenvalue weighted by molar-refractivity contribution is 9.09. The number of methoxy groups -OCH3 is 1. The first-order chi connectivity index (χ1) is 10.8. The molecule has 1 amide bonds. The van der Waals surface area contributed by atoms with Gasteiger partial charge in [0.2, 0.25) is 5.91 Å². The Labute approximate surface area is 143 Å². The molecule has 0 fully saturated rings. The van der Waals surface area contributed by atoms with Crippen molar-refractivity contribution in [3.05, 3.63) is 24.3 Å². The summed E-state index contributed by atoms with van der Waals surface area (Å²) < 4.78 is 5.09. The average molecular weight is 370 g/mol. The second-order valence-corrected chi connectivity index (χ2v) is 6.34. The molecule has 0 spiro atoms. The molecular formula is C18H28BrNO2. The van der Waals surface area contributed by atoms with Gasteiger partial charge in [-0.05, 0) is 37.1 Å². The van der Waals surface area contributed by atoms with E-state index in [2.05, 4.69) is 21.2 Å². The molecule has 0 atom stereocenters. The minimum Gasteiger partial charge on any atom is -0.497 e. The number of anilines is 1. The molecule has 0 unspecified atom stereocenters. The first-order valence-corrected chi connectivity index (χ1v) is 9.38. The smallest absolute Gasteiger partial charge is 0.224 e. The lowest BCUT2D eigenvalue weighted by Gasteiger charge is -2.06. The SMILES string of the molecule is COc1ccc(NC(=O)CCCCCCCCCCBr)cc1. The quantitative estimate of drug-likeness (QED) is 0.388. The fraction of sp³-hybridized carbons (Fsp3) is 0.611. The van der Waals surface area contributed by atoms with Gasteiger partial charge < -0.3 is 10.1 Å². The van der Waals surface area contributed by atoms with Crippen molar-refractivity contribution in [2.24, 2.45) is 0 Å². The summed E-state index contributed by atoms with van der Waals surface area (Å²) in [5.74, 6) is 0.900. The largest absolute Gasteiger partial charge is 0.497 e. The molecule has 0 aliphatic heterocycles. The molecule has 1 aromatic rings. The monoisotopic (exact) mass is 369 g/mol. The maximum Gasteiger partial charge on any atom is 0.224 e. The number of carbonyl (C=O) groups excluding carboxylic acids is 1. The van der Waals surface area contributed by atoms with Crippen molar-refractivity contribution in [1.82, 2.24) is 0 Å². The summed E-state index contributed by atoms with van der Waals surface area (Å²) in [6.07, 6.45) is 10.5. The molecule has 3 nitrogen and oxygen atoms in total. The van der Waals surface area contributed by atoms with Crippen molar-refractivity contribution in [3.8, 4) is 5.75 Å². The van der Waals surface area contributed by atoms with Crippen molar-refractivity contribution in [1.29, 1.82) is 0 Å². The lowest BCUT2D eigenvalue weighted by atomic mass is 10.1. The van der Waals surface area contributed by atoms with E-state index in [9.17, 15) is 4.79 Å². The molecule has 0 aliphatic rings. The lowest BCUT2D eigenvalue weighted by molar-refractivity contribution is -0.116. The summed E-state index contributed by atoms with van der Waals surface area (Å²) in [4.78, 5) is 11.8. The van der Waals surface area contributed by atoms with Gasteiger partial charge in [-0.2, -0.15) is 0 Å². The van der Waals surface area contributed by atoms with Crippen LogP contribution in [0.2, 0.25) is 0 Å². The van der Waals surface area contributed by atoms with Crippen LogP contribution in [0.4, 0.5) is 5.69 Å². The number of amides is 1. The van der Waals surface area contributed by atoms with E-state index in [-0.39, 0.29) is 5.91 Å². The minimum atomic E-state index is 0.0995. The highest BCUT2D eigenvalue weighted by Gasteiger charge is 2.02. The Balaban J connectivity index is 2.01. The van der Waals surface area contributed by atoms with Gasteiger partial charge in [0.1, 0.15) is 5.75 Å². The Bertz CT molecular complexity index is 406. The zero-order valence-electron chi connectivity index (χ0n) is 13.6. The first kappa shape index (κ1) is 19.0. The van der Waals surface area contributed by atoms with E-state index in [0.29, 0.717) is 6.42 Å². The van der Waals surface area contributed by atoms with Gasteiger partial charge in [-0.25, -0.2) is 0 Å². The van der Waals surface area contributed by atoms with E-state index < -0.39 is 0 Å². The molecule has 1 rings (SSSR count).